The molecular formula is C21H29N3O2. The fourth-order valence-electron chi connectivity index (χ4n) is 3.41. The van der Waals surface area contributed by atoms with Crippen LogP contribution in [0.3, 0.4) is 0 Å². The molecule has 1 aliphatic heterocycles. The van der Waals surface area contributed by atoms with Crippen molar-refractivity contribution in [1.82, 2.24) is 14.9 Å². The van der Waals surface area contributed by atoms with Crippen LogP contribution in [0, 0.1) is 0 Å². The molecule has 0 bridgehead atoms. The van der Waals surface area contributed by atoms with Crippen LogP contribution in [0.15, 0.2) is 35.1 Å². The maximum atomic E-state index is 11.9. The van der Waals surface area contributed by atoms with E-state index in [-0.39, 0.29) is 5.56 Å². The number of hydrogen-bond acceptors (Lipinski definition) is 4. The first-order chi connectivity index (χ1) is 12.6. The summed E-state index contributed by atoms with van der Waals surface area (Å²) in [6.07, 6.45) is 5.70. The number of nitrogens with one attached hydrogen (secondary N) is 1. The van der Waals surface area contributed by atoms with Crippen LogP contribution in [0.1, 0.15) is 43.9 Å². The summed E-state index contributed by atoms with van der Waals surface area (Å²) < 4.78 is 5.70. The Bertz CT molecular complexity index is 749. The molecule has 1 aromatic heterocycles. The molecule has 5 nitrogen and oxygen atoms in total. The van der Waals surface area contributed by atoms with Crippen LogP contribution in [0.2, 0.25) is 0 Å². The fourth-order valence-corrected chi connectivity index (χ4v) is 3.41. The summed E-state index contributed by atoms with van der Waals surface area (Å²) in [6, 6.07) is 9.90. The van der Waals surface area contributed by atoms with Crippen molar-refractivity contribution in [3.8, 4) is 11.4 Å². The van der Waals surface area contributed by atoms with Crippen molar-refractivity contribution in [3.63, 3.8) is 0 Å². The minimum Gasteiger partial charge on any atom is -0.377 e. The summed E-state index contributed by atoms with van der Waals surface area (Å²) >= 11 is 0. The molecule has 0 unspecified atom stereocenters. The van der Waals surface area contributed by atoms with Gasteiger partial charge in [-0.15, -0.1) is 0 Å². The molecule has 3 rings (SSSR count). The molecule has 140 valence electrons. The van der Waals surface area contributed by atoms with Gasteiger partial charge in [0.05, 0.1) is 6.10 Å². The molecule has 1 aliphatic rings. The number of aromatic amines is 1. The lowest BCUT2D eigenvalue weighted by atomic mass is 10.1. The van der Waals surface area contributed by atoms with Crippen LogP contribution in [0.4, 0.5) is 0 Å². The van der Waals surface area contributed by atoms with E-state index in [0.29, 0.717) is 11.9 Å². The van der Waals surface area contributed by atoms with Crippen molar-refractivity contribution in [1.29, 1.82) is 0 Å². The Morgan fingerprint density at radius 2 is 2.12 bits per heavy atom. The van der Waals surface area contributed by atoms with Gasteiger partial charge in [0, 0.05) is 37.0 Å². The van der Waals surface area contributed by atoms with Crippen LogP contribution in [0.25, 0.3) is 11.4 Å². The number of aryl methyl sites for hydroxylation is 1. The molecule has 1 aromatic carbocycles. The second kappa shape index (κ2) is 9.10. The van der Waals surface area contributed by atoms with Crippen LogP contribution >= 0.6 is 0 Å². The zero-order valence-corrected chi connectivity index (χ0v) is 15.8. The minimum absolute atomic E-state index is 0.0820. The highest BCUT2D eigenvalue weighted by Gasteiger charge is 2.17. The number of ether oxygens (including phenoxy) is 1. The lowest BCUT2D eigenvalue weighted by molar-refractivity contribution is 0.0793. The van der Waals surface area contributed by atoms with E-state index in [1.165, 1.54) is 12.0 Å². The largest absolute Gasteiger partial charge is 0.377 e. The van der Waals surface area contributed by atoms with Gasteiger partial charge in [-0.1, -0.05) is 37.6 Å². The van der Waals surface area contributed by atoms with E-state index >= 15 is 0 Å². The van der Waals surface area contributed by atoms with Crippen LogP contribution in [-0.2, 0) is 17.7 Å². The monoisotopic (exact) mass is 355 g/mol. The zero-order valence-electron chi connectivity index (χ0n) is 15.8. The number of rotatable bonds is 8. The summed E-state index contributed by atoms with van der Waals surface area (Å²) in [4.78, 5) is 21.7. The van der Waals surface area contributed by atoms with E-state index in [4.69, 9.17) is 4.74 Å². The summed E-state index contributed by atoms with van der Waals surface area (Å²) in [5.41, 5.74) is 2.98. The number of likely N-dealkylation sites (N-methyl/N-ethyl adjacent to an activating group) is 1. The van der Waals surface area contributed by atoms with Crippen molar-refractivity contribution >= 4 is 0 Å². The number of benzene rings is 1. The van der Waals surface area contributed by atoms with Gasteiger partial charge in [-0.3, -0.25) is 9.69 Å². The summed E-state index contributed by atoms with van der Waals surface area (Å²) in [5, 5.41) is 0. The maximum Gasteiger partial charge on any atom is 0.251 e. The van der Waals surface area contributed by atoms with E-state index in [0.717, 1.165) is 56.6 Å². The molecule has 5 heteroatoms. The molecule has 2 aromatic rings. The fraction of sp³-hybridized carbons (Fsp3) is 0.524. The van der Waals surface area contributed by atoms with Gasteiger partial charge < -0.3 is 9.72 Å². The third kappa shape index (κ3) is 5.26. The SMILES string of the molecule is CCCCc1cc(=O)[nH]c(-c2ccc(CN(C)C[C@@H]3CCCO3)cc2)n1. The number of aromatic nitrogens is 2. The van der Waals surface area contributed by atoms with Crippen molar-refractivity contribution in [2.75, 3.05) is 20.2 Å². The Morgan fingerprint density at radius 1 is 1.31 bits per heavy atom. The van der Waals surface area contributed by atoms with E-state index in [1.807, 2.05) is 12.1 Å². The second-order valence-electron chi connectivity index (χ2n) is 7.22. The first kappa shape index (κ1) is 18.8. The summed E-state index contributed by atoms with van der Waals surface area (Å²) in [6.45, 7) is 4.90. The van der Waals surface area contributed by atoms with Crippen molar-refractivity contribution in [3.05, 3.63) is 51.9 Å². The quantitative estimate of drug-likeness (QED) is 0.788. The predicted octanol–water partition coefficient (Wildman–Crippen LogP) is 3.39. The van der Waals surface area contributed by atoms with Gasteiger partial charge in [0.15, 0.2) is 0 Å². The molecule has 0 aliphatic carbocycles. The van der Waals surface area contributed by atoms with Gasteiger partial charge in [-0.2, -0.15) is 0 Å². The van der Waals surface area contributed by atoms with E-state index in [1.54, 1.807) is 6.07 Å². The molecule has 0 saturated carbocycles. The van der Waals surface area contributed by atoms with Crippen LogP contribution < -0.4 is 5.56 Å². The third-order valence-corrected chi connectivity index (χ3v) is 4.80. The zero-order chi connectivity index (χ0) is 18.4. The molecule has 0 radical (unpaired) electrons. The van der Waals surface area contributed by atoms with E-state index in [9.17, 15) is 4.79 Å². The van der Waals surface area contributed by atoms with Crippen molar-refractivity contribution in [2.45, 2.75) is 51.7 Å². The molecule has 26 heavy (non-hydrogen) atoms. The van der Waals surface area contributed by atoms with Crippen molar-refractivity contribution in [2.24, 2.45) is 0 Å². The average Bonchev–Trinajstić information content (AvgIpc) is 3.13. The third-order valence-electron chi connectivity index (χ3n) is 4.80. The molecule has 0 spiro atoms. The number of unbranched alkanes of at least 4 members (excludes halogenated alkanes) is 1. The average molecular weight is 355 g/mol. The Morgan fingerprint density at radius 3 is 2.81 bits per heavy atom. The van der Waals surface area contributed by atoms with Gasteiger partial charge in [-0.25, -0.2) is 4.98 Å². The Kier molecular flexibility index (Phi) is 6.58. The first-order valence-corrected chi connectivity index (χ1v) is 9.63. The standard InChI is InChI=1S/C21H29N3O2/c1-3-4-6-18-13-20(25)23-21(22-18)17-10-8-16(9-11-17)14-24(2)15-19-7-5-12-26-19/h8-11,13,19H,3-7,12,14-15H2,1-2H3,(H,22,23,25)/t19-/m0/s1. The lowest BCUT2D eigenvalue weighted by Gasteiger charge is -2.20. The Hall–Kier alpha value is -1.98. The van der Waals surface area contributed by atoms with Crippen molar-refractivity contribution < 1.29 is 4.74 Å². The van der Waals surface area contributed by atoms with Gasteiger partial charge in [0.2, 0.25) is 0 Å². The highest BCUT2D eigenvalue weighted by atomic mass is 16.5. The Labute approximate surface area is 155 Å². The Balaban J connectivity index is 1.65. The molecule has 1 N–H and O–H groups in total. The molecular weight excluding hydrogens is 326 g/mol. The highest BCUT2D eigenvalue weighted by Crippen LogP contribution is 2.17. The highest BCUT2D eigenvalue weighted by molar-refractivity contribution is 5.55. The number of H-pyrrole nitrogens is 1. The molecule has 2 heterocycles. The smallest absolute Gasteiger partial charge is 0.251 e. The molecule has 0 amide bonds. The van der Waals surface area contributed by atoms with Gasteiger partial charge in [0.1, 0.15) is 5.82 Å². The van der Waals surface area contributed by atoms with Gasteiger partial charge in [0.25, 0.3) is 5.56 Å². The first-order valence-electron chi connectivity index (χ1n) is 9.63. The topological polar surface area (TPSA) is 58.2 Å². The van der Waals surface area contributed by atoms with Crippen LogP contribution in [0.5, 0.6) is 0 Å². The summed E-state index contributed by atoms with van der Waals surface area (Å²) in [5.74, 6) is 0.655. The normalized spacial score (nSPS) is 17.1. The van der Waals surface area contributed by atoms with E-state index in [2.05, 4.69) is 41.0 Å². The minimum atomic E-state index is -0.0820. The second-order valence-corrected chi connectivity index (χ2v) is 7.22. The van der Waals surface area contributed by atoms with Gasteiger partial charge >= 0.3 is 0 Å². The number of nitrogens with zero attached hydrogens (tertiary/aromatic N) is 2. The molecule has 1 saturated heterocycles. The predicted molar refractivity (Wildman–Crippen MR) is 104 cm³/mol. The maximum absolute atomic E-state index is 11.9. The number of hydrogen-bond donors (Lipinski definition) is 1. The van der Waals surface area contributed by atoms with E-state index < -0.39 is 0 Å². The molecule has 1 atom stereocenters. The van der Waals surface area contributed by atoms with Crippen LogP contribution in [-0.4, -0.2) is 41.2 Å². The van der Waals surface area contributed by atoms with Gasteiger partial charge in [-0.05, 0) is 38.3 Å². The molecule has 1 fully saturated rings. The lowest BCUT2D eigenvalue weighted by Crippen LogP contribution is -2.28. The summed E-state index contributed by atoms with van der Waals surface area (Å²) in [7, 11) is 2.13.